The molecule has 0 spiro atoms. The number of carbonyl (C=O) groups excluding carboxylic acids is 1. The molecule has 0 bridgehead atoms. The van der Waals surface area contributed by atoms with E-state index in [4.69, 9.17) is 25.7 Å². The lowest BCUT2D eigenvalue weighted by Gasteiger charge is -2.36. The fourth-order valence-corrected chi connectivity index (χ4v) is 1.11. The van der Waals surface area contributed by atoms with Crippen molar-refractivity contribution in [1.29, 1.82) is 0 Å². The van der Waals surface area contributed by atoms with E-state index in [9.17, 15) is 4.79 Å². The van der Waals surface area contributed by atoms with Gasteiger partial charge in [0.15, 0.2) is 12.4 Å². The third kappa shape index (κ3) is 3.11. The van der Waals surface area contributed by atoms with Gasteiger partial charge in [-0.3, -0.25) is 4.89 Å². The minimum atomic E-state index is -1.84. The maximum atomic E-state index is 10.7. The molecule has 1 fully saturated rings. The topological polar surface area (TPSA) is 137 Å². The van der Waals surface area contributed by atoms with Crippen molar-refractivity contribution in [2.45, 2.75) is 44.6 Å². The predicted octanol–water partition coefficient (Wildman–Crippen LogP) is -2.17. The molecule has 16 heavy (non-hydrogen) atoms. The molecular weight excluding hydrogens is 224 g/mol. The van der Waals surface area contributed by atoms with E-state index in [1.807, 2.05) is 13.8 Å². The molecule has 0 radical (unpaired) electrons. The summed E-state index contributed by atoms with van der Waals surface area (Å²) >= 11 is 0. The summed E-state index contributed by atoms with van der Waals surface area (Å²) in [5.74, 6) is -1.37. The smallest absolute Gasteiger partial charge is 0.373 e. The van der Waals surface area contributed by atoms with E-state index in [2.05, 4.69) is 9.62 Å². The lowest BCUT2D eigenvalue weighted by atomic mass is 9.99. The van der Waals surface area contributed by atoms with Gasteiger partial charge in [0.2, 0.25) is 0 Å². The number of rotatable bonds is 1. The van der Waals surface area contributed by atoms with Gasteiger partial charge in [0.05, 0.1) is 0 Å². The standard InChI is InChI=1S/C6H10O8.C2H6/c7-1-2(8)4(6(11)14-12)13-5(10)3(1)9;1-2/h1-5,7-10,12H;1-2H3/t1-,2?,3-,4-,5+;/m1./s1. The van der Waals surface area contributed by atoms with Gasteiger partial charge < -0.3 is 25.2 Å². The van der Waals surface area contributed by atoms with Crippen LogP contribution < -0.4 is 0 Å². The first-order valence-corrected chi connectivity index (χ1v) is 4.72. The van der Waals surface area contributed by atoms with E-state index in [-0.39, 0.29) is 0 Å². The van der Waals surface area contributed by atoms with Crippen LogP contribution in [0.5, 0.6) is 0 Å². The van der Waals surface area contributed by atoms with Gasteiger partial charge in [-0.2, -0.15) is 5.26 Å². The molecule has 8 nitrogen and oxygen atoms in total. The molecule has 1 aliphatic heterocycles. The van der Waals surface area contributed by atoms with Crippen LogP contribution in [0, 0.1) is 0 Å². The number of carbonyl (C=O) groups is 1. The summed E-state index contributed by atoms with van der Waals surface area (Å²) in [5.41, 5.74) is 0. The van der Waals surface area contributed by atoms with Gasteiger partial charge in [0.25, 0.3) is 0 Å². The first-order valence-electron chi connectivity index (χ1n) is 4.72. The fraction of sp³-hybridized carbons (Fsp3) is 0.875. The number of hydrogen-bond donors (Lipinski definition) is 5. The van der Waals surface area contributed by atoms with Crippen molar-refractivity contribution >= 4 is 5.97 Å². The van der Waals surface area contributed by atoms with Crippen LogP contribution in [-0.2, 0) is 14.4 Å². The number of aliphatic hydroxyl groups is 4. The zero-order valence-corrected chi connectivity index (χ0v) is 8.85. The lowest BCUT2D eigenvalue weighted by Crippen LogP contribution is -2.59. The molecule has 1 heterocycles. The summed E-state index contributed by atoms with van der Waals surface area (Å²) < 4.78 is 4.39. The second-order valence-corrected chi connectivity index (χ2v) is 2.83. The summed E-state index contributed by atoms with van der Waals surface area (Å²) in [4.78, 5) is 14.0. The predicted molar refractivity (Wildman–Crippen MR) is 49.0 cm³/mol. The minimum absolute atomic E-state index is 1.37. The molecule has 0 saturated carbocycles. The normalized spacial score (nSPS) is 38.3. The van der Waals surface area contributed by atoms with Crippen molar-refractivity contribution in [2.24, 2.45) is 0 Å². The van der Waals surface area contributed by atoms with Gasteiger partial charge >= 0.3 is 5.97 Å². The molecule has 1 aliphatic rings. The van der Waals surface area contributed by atoms with Crippen LogP contribution in [0.3, 0.4) is 0 Å². The molecule has 0 aliphatic carbocycles. The molecule has 0 amide bonds. The summed E-state index contributed by atoms with van der Waals surface area (Å²) in [5, 5.41) is 44.2. The lowest BCUT2D eigenvalue weighted by molar-refractivity contribution is -0.300. The highest BCUT2D eigenvalue weighted by molar-refractivity contribution is 5.75. The Bertz CT molecular complexity index is 220. The zero-order valence-electron chi connectivity index (χ0n) is 8.85. The summed E-state index contributed by atoms with van der Waals surface area (Å²) in [6, 6.07) is 0. The van der Waals surface area contributed by atoms with E-state index in [0.717, 1.165) is 0 Å². The minimum Gasteiger partial charge on any atom is -0.387 e. The molecule has 1 saturated heterocycles. The monoisotopic (exact) mass is 240 g/mol. The first-order chi connectivity index (χ1) is 7.49. The molecule has 1 unspecified atom stereocenters. The second-order valence-electron chi connectivity index (χ2n) is 2.83. The van der Waals surface area contributed by atoms with Crippen LogP contribution in [0.15, 0.2) is 0 Å². The van der Waals surface area contributed by atoms with Gasteiger partial charge in [-0.1, -0.05) is 13.8 Å². The molecule has 0 aromatic heterocycles. The van der Waals surface area contributed by atoms with Crippen molar-refractivity contribution in [3.8, 4) is 0 Å². The van der Waals surface area contributed by atoms with E-state index in [1.165, 1.54) is 0 Å². The molecule has 0 aromatic carbocycles. The molecular formula is C8H16O8. The molecule has 5 N–H and O–H groups in total. The van der Waals surface area contributed by atoms with Crippen LogP contribution in [0.2, 0.25) is 0 Å². The number of aliphatic hydroxyl groups excluding tert-OH is 4. The van der Waals surface area contributed by atoms with Crippen LogP contribution in [0.4, 0.5) is 0 Å². The average molecular weight is 240 g/mol. The number of hydrogen-bond acceptors (Lipinski definition) is 8. The van der Waals surface area contributed by atoms with Crippen LogP contribution >= 0.6 is 0 Å². The highest BCUT2D eigenvalue weighted by atomic mass is 17.1. The first kappa shape index (κ1) is 15.2. The third-order valence-corrected chi connectivity index (χ3v) is 1.91. The zero-order chi connectivity index (χ0) is 12.9. The van der Waals surface area contributed by atoms with Gasteiger partial charge in [-0.05, 0) is 0 Å². The van der Waals surface area contributed by atoms with Crippen LogP contribution in [0.1, 0.15) is 13.8 Å². The SMILES string of the molecule is CC.O=C(OO)[C@@H]1O[C@H](O)[C@H](O)[C@H](O)C1O. The van der Waals surface area contributed by atoms with Crippen LogP contribution in [0.25, 0.3) is 0 Å². The molecule has 1 rings (SSSR count). The molecule has 5 atom stereocenters. The van der Waals surface area contributed by atoms with Gasteiger partial charge in [0.1, 0.15) is 18.3 Å². The second kappa shape index (κ2) is 6.74. The Balaban J connectivity index is 0.00000106. The number of ether oxygens (including phenoxy) is 1. The Labute approximate surface area is 91.6 Å². The van der Waals surface area contributed by atoms with Crippen molar-refractivity contribution < 1.29 is 40.1 Å². The maximum absolute atomic E-state index is 10.7. The fourth-order valence-electron chi connectivity index (χ4n) is 1.11. The maximum Gasteiger partial charge on any atom is 0.373 e. The van der Waals surface area contributed by atoms with E-state index in [1.54, 1.807) is 0 Å². The average Bonchev–Trinajstić information content (AvgIpc) is 2.32. The summed E-state index contributed by atoms with van der Waals surface area (Å²) in [6.07, 6.45) is -8.85. The van der Waals surface area contributed by atoms with E-state index >= 15 is 0 Å². The third-order valence-electron chi connectivity index (χ3n) is 1.91. The van der Waals surface area contributed by atoms with Crippen molar-refractivity contribution in [3.63, 3.8) is 0 Å². The Morgan fingerprint density at radius 2 is 1.56 bits per heavy atom. The van der Waals surface area contributed by atoms with Crippen molar-refractivity contribution in [2.75, 3.05) is 0 Å². The quantitative estimate of drug-likeness (QED) is 0.258. The van der Waals surface area contributed by atoms with Gasteiger partial charge in [-0.25, -0.2) is 4.79 Å². The Morgan fingerprint density at radius 1 is 1.06 bits per heavy atom. The van der Waals surface area contributed by atoms with Gasteiger partial charge in [0, 0.05) is 0 Å². The Kier molecular flexibility index (Phi) is 6.41. The van der Waals surface area contributed by atoms with E-state index in [0.29, 0.717) is 0 Å². The highest BCUT2D eigenvalue weighted by Crippen LogP contribution is 2.20. The Morgan fingerprint density at radius 3 is 2.00 bits per heavy atom. The van der Waals surface area contributed by atoms with Crippen molar-refractivity contribution in [3.05, 3.63) is 0 Å². The Hall–Kier alpha value is -0.770. The molecule has 96 valence electrons. The van der Waals surface area contributed by atoms with Crippen molar-refractivity contribution in [1.82, 2.24) is 0 Å². The molecule has 8 heteroatoms. The summed E-state index contributed by atoms with van der Waals surface area (Å²) in [6.45, 7) is 4.00. The van der Waals surface area contributed by atoms with Gasteiger partial charge in [-0.15, -0.1) is 0 Å². The molecule has 0 aromatic rings. The van der Waals surface area contributed by atoms with Crippen LogP contribution in [-0.4, -0.2) is 62.4 Å². The highest BCUT2D eigenvalue weighted by Gasteiger charge is 2.47. The van der Waals surface area contributed by atoms with E-state index < -0.39 is 36.7 Å². The largest absolute Gasteiger partial charge is 0.387 e. The summed E-state index contributed by atoms with van der Waals surface area (Å²) in [7, 11) is 0.